The molecule has 0 aliphatic heterocycles. The van der Waals surface area contributed by atoms with Gasteiger partial charge in [-0.25, -0.2) is 0 Å². The number of aromatic hydroxyl groups is 1. The van der Waals surface area contributed by atoms with E-state index in [9.17, 15) is 5.11 Å². The van der Waals surface area contributed by atoms with E-state index < -0.39 is 0 Å². The van der Waals surface area contributed by atoms with E-state index in [0.717, 1.165) is 22.2 Å². The summed E-state index contributed by atoms with van der Waals surface area (Å²) in [5.74, 6) is 0.830. The molecule has 3 N–H and O–H groups in total. The molecule has 20 heavy (non-hydrogen) atoms. The normalized spacial score (nSPS) is 10.8. The van der Waals surface area contributed by atoms with Crippen LogP contribution in [0, 0.1) is 0 Å². The minimum Gasteiger partial charge on any atom is -0.508 e. The number of rotatable bonds is 3. The highest BCUT2D eigenvalue weighted by Crippen LogP contribution is 2.27. The number of hydrogen-bond donors (Lipinski definition) is 2. The zero-order valence-electron chi connectivity index (χ0n) is 11.2. The number of anilines is 1. The molecule has 4 heteroatoms. The molecule has 0 aliphatic rings. The van der Waals surface area contributed by atoms with Crippen molar-refractivity contribution in [2.75, 3.05) is 5.73 Å². The highest BCUT2D eigenvalue weighted by molar-refractivity contribution is 5.94. The highest BCUT2D eigenvalue weighted by atomic mass is 16.5. The topological polar surface area (TPSA) is 60.4 Å². The fourth-order valence-electron chi connectivity index (χ4n) is 2.41. The van der Waals surface area contributed by atoms with Crippen LogP contribution in [0.25, 0.3) is 10.9 Å². The summed E-state index contributed by atoms with van der Waals surface area (Å²) in [6.45, 7) is 0.412. The number of nitrogen functional groups attached to an aromatic ring is 1. The quantitative estimate of drug-likeness (QED) is 0.718. The van der Waals surface area contributed by atoms with Gasteiger partial charge in [-0.15, -0.1) is 0 Å². The number of aryl methyl sites for hydroxylation is 1. The van der Waals surface area contributed by atoms with Gasteiger partial charge >= 0.3 is 0 Å². The molecule has 0 saturated heterocycles. The molecule has 0 amide bonds. The number of benzene rings is 2. The van der Waals surface area contributed by atoms with Crippen LogP contribution in [0.2, 0.25) is 0 Å². The van der Waals surface area contributed by atoms with E-state index in [-0.39, 0.29) is 5.75 Å². The Bertz CT molecular complexity index is 762. The van der Waals surface area contributed by atoms with E-state index in [0.29, 0.717) is 12.4 Å². The number of phenolic OH excluding ortho intramolecular Hbond substituents is 1. The molecule has 0 aliphatic carbocycles. The Balaban J connectivity index is 1.92. The fraction of sp³-hybridized carbons (Fsp3) is 0.125. The Kier molecular flexibility index (Phi) is 2.99. The van der Waals surface area contributed by atoms with Crippen molar-refractivity contribution in [3.63, 3.8) is 0 Å². The minimum absolute atomic E-state index is 0.194. The van der Waals surface area contributed by atoms with Crippen LogP contribution < -0.4 is 10.5 Å². The lowest BCUT2D eigenvalue weighted by Gasteiger charge is -2.06. The Morgan fingerprint density at radius 3 is 2.80 bits per heavy atom. The fourth-order valence-corrected chi connectivity index (χ4v) is 2.41. The van der Waals surface area contributed by atoms with E-state index in [2.05, 4.69) is 0 Å². The number of aromatic nitrogens is 1. The van der Waals surface area contributed by atoms with Gasteiger partial charge in [0.2, 0.25) is 0 Å². The van der Waals surface area contributed by atoms with Crippen molar-refractivity contribution in [3.8, 4) is 11.5 Å². The number of phenols is 1. The summed E-state index contributed by atoms with van der Waals surface area (Å²) in [4.78, 5) is 0. The predicted octanol–water partition coefficient (Wildman–Crippen LogP) is 3.05. The molecule has 2 aromatic carbocycles. The maximum absolute atomic E-state index is 9.43. The first-order valence-corrected chi connectivity index (χ1v) is 6.39. The van der Waals surface area contributed by atoms with Crippen molar-refractivity contribution in [2.24, 2.45) is 7.05 Å². The summed E-state index contributed by atoms with van der Waals surface area (Å²) < 4.78 is 7.76. The summed E-state index contributed by atoms with van der Waals surface area (Å²) >= 11 is 0. The van der Waals surface area contributed by atoms with Gasteiger partial charge in [0.05, 0.1) is 5.52 Å². The number of ether oxygens (including phenoxy) is 1. The highest BCUT2D eigenvalue weighted by Gasteiger charge is 2.09. The van der Waals surface area contributed by atoms with Crippen molar-refractivity contribution in [1.29, 1.82) is 0 Å². The molecule has 0 fully saturated rings. The second-order valence-electron chi connectivity index (χ2n) is 4.79. The average molecular weight is 268 g/mol. The Morgan fingerprint density at radius 1 is 1.20 bits per heavy atom. The van der Waals surface area contributed by atoms with Crippen LogP contribution in [-0.4, -0.2) is 9.67 Å². The zero-order chi connectivity index (χ0) is 14.1. The molecular weight excluding hydrogens is 252 g/mol. The molecule has 0 radical (unpaired) electrons. The van der Waals surface area contributed by atoms with Gasteiger partial charge in [-0.2, -0.15) is 0 Å². The molecule has 0 saturated carbocycles. The lowest BCUT2D eigenvalue weighted by molar-refractivity contribution is 0.305. The average Bonchev–Trinajstić information content (AvgIpc) is 2.75. The van der Waals surface area contributed by atoms with Crippen LogP contribution in [0.1, 0.15) is 5.56 Å². The SMILES string of the molecule is Cn1cc(COc2cccc(O)c2)c2c(N)cccc21. The molecule has 1 heterocycles. The first-order valence-electron chi connectivity index (χ1n) is 6.39. The molecular formula is C16H16N2O2. The maximum atomic E-state index is 9.43. The van der Waals surface area contributed by atoms with Crippen LogP contribution in [0.4, 0.5) is 5.69 Å². The van der Waals surface area contributed by atoms with Crippen molar-refractivity contribution >= 4 is 16.6 Å². The second kappa shape index (κ2) is 4.81. The smallest absolute Gasteiger partial charge is 0.123 e. The summed E-state index contributed by atoms with van der Waals surface area (Å²) in [6, 6.07) is 12.6. The van der Waals surface area contributed by atoms with Crippen LogP contribution in [0.3, 0.4) is 0 Å². The molecule has 1 aromatic heterocycles. The van der Waals surface area contributed by atoms with Crippen LogP contribution >= 0.6 is 0 Å². The van der Waals surface area contributed by atoms with Gasteiger partial charge in [-0.05, 0) is 24.3 Å². The summed E-state index contributed by atoms with van der Waals surface area (Å²) in [5.41, 5.74) is 8.92. The molecule has 3 rings (SSSR count). The monoisotopic (exact) mass is 268 g/mol. The first kappa shape index (κ1) is 12.4. The first-order chi connectivity index (χ1) is 9.65. The van der Waals surface area contributed by atoms with Gasteiger partial charge in [0.25, 0.3) is 0 Å². The van der Waals surface area contributed by atoms with E-state index in [1.165, 1.54) is 0 Å². The molecule has 102 valence electrons. The maximum Gasteiger partial charge on any atom is 0.123 e. The van der Waals surface area contributed by atoms with Gasteiger partial charge in [0.1, 0.15) is 18.1 Å². The third kappa shape index (κ3) is 2.16. The molecule has 4 nitrogen and oxygen atoms in total. The van der Waals surface area contributed by atoms with Crippen molar-refractivity contribution in [3.05, 3.63) is 54.2 Å². The van der Waals surface area contributed by atoms with E-state index >= 15 is 0 Å². The zero-order valence-corrected chi connectivity index (χ0v) is 11.2. The van der Waals surface area contributed by atoms with E-state index in [4.69, 9.17) is 10.5 Å². The van der Waals surface area contributed by atoms with Gasteiger partial charge in [-0.1, -0.05) is 12.1 Å². The van der Waals surface area contributed by atoms with Crippen molar-refractivity contribution in [2.45, 2.75) is 6.61 Å². The number of nitrogens with two attached hydrogens (primary N) is 1. The predicted molar refractivity (Wildman–Crippen MR) is 79.8 cm³/mol. The van der Waals surface area contributed by atoms with Crippen molar-refractivity contribution in [1.82, 2.24) is 4.57 Å². The molecule has 0 unspecified atom stereocenters. The molecule has 0 spiro atoms. The van der Waals surface area contributed by atoms with Crippen molar-refractivity contribution < 1.29 is 9.84 Å². The largest absolute Gasteiger partial charge is 0.508 e. The summed E-state index contributed by atoms with van der Waals surface area (Å²) in [5, 5.41) is 10.4. The van der Waals surface area contributed by atoms with E-state index in [1.807, 2.05) is 42.1 Å². The standard InChI is InChI=1S/C16H16N2O2/c1-18-9-11(16-14(17)6-3-7-15(16)18)10-20-13-5-2-4-12(19)8-13/h2-9,19H,10,17H2,1H3. The Labute approximate surface area is 117 Å². The Morgan fingerprint density at radius 2 is 2.00 bits per heavy atom. The van der Waals surface area contributed by atoms with Gasteiger partial charge in [-0.3, -0.25) is 0 Å². The summed E-state index contributed by atoms with van der Waals surface area (Å²) in [6.07, 6.45) is 2.02. The third-order valence-electron chi connectivity index (χ3n) is 3.34. The third-order valence-corrected chi connectivity index (χ3v) is 3.34. The Hall–Kier alpha value is -2.62. The van der Waals surface area contributed by atoms with E-state index in [1.54, 1.807) is 18.2 Å². The van der Waals surface area contributed by atoms with Crippen LogP contribution in [0.15, 0.2) is 48.7 Å². The van der Waals surface area contributed by atoms with Crippen LogP contribution in [-0.2, 0) is 13.7 Å². The molecule has 0 atom stereocenters. The second-order valence-corrected chi connectivity index (χ2v) is 4.79. The number of nitrogens with zero attached hydrogens (tertiary/aromatic N) is 1. The van der Waals surface area contributed by atoms with Gasteiger partial charge in [0.15, 0.2) is 0 Å². The lowest BCUT2D eigenvalue weighted by atomic mass is 10.1. The van der Waals surface area contributed by atoms with Gasteiger partial charge < -0.3 is 20.1 Å². The minimum atomic E-state index is 0.194. The van der Waals surface area contributed by atoms with Gasteiger partial charge in [0, 0.05) is 35.9 Å². The summed E-state index contributed by atoms with van der Waals surface area (Å²) in [7, 11) is 1.99. The number of fused-ring (bicyclic) bond motifs is 1. The molecule has 3 aromatic rings. The molecule has 0 bridgehead atoms. The van der Waals surface area contributed by atoms with Crippen LogP contribution in [0.5, 0.6) is 11.5 Å². The lowest BCUT2D eigenvalue weighted by Crippen LogP contribution is -1.95. The number of hydrogen-bond acceptors (Lipinski definition) is 3.